The first-order chi connectivity index (χ1) is 18.9. The summed E-state index contributed by atoms with van der Waals surface area (Å²) in [5.41, 5.74) is 2.68. The van der Waals surface area contributed by atoms with Gasteiger partial charge in [-0.1, -0.05) is 26.0 Å². The van der Waals surface area contributed by atoms with Crippen LogP contribution < -0.4 is 4.74 Å². The van der Waals surface area contributed by atoms with Gasteiger partial charge in [0.25, 0.3) is 5.88 Å². The van der Waals surface area contributed by atoms with E-state index >= 15 is 0 Å². The topological polar surface area (TPSA) is 102 Å². The van der Waals surface area contributed by atoms with Crippen molar-refractivity contribution in [2.45, 2.75) is 70.4 Å². The smallest absolute Gasteiger partial charge is 0.254 e. The molecule has 3 unspecified atom stereocenters. The number of benzene rings is 1. The second-order valence-electron chi connectivity index (χ2n) is 11.1. The first-order valence-corrected chi connectivity index (χ1v) is 14.6. The Labute approximate surface area is 232 Å². The van der Waals surface area contributed by atoms with Gasteiger partial charge in [-0.15, -0.1) is 21.5 Å². The summed E-state index contributed by atoms with van der Waals surface area (Å²) in [6.45, 7) is 8.24. The molecule has 1 aromatic carbocycles. The lowest BCUT2D eigenvalue weighted by Crippen LogP contribution is -2.55. The number of likely N-dealkylation sites (tertiary alicyclic amines) is 1. The summed E-state index contributed by atoms with van der Waals surface area (Å²) in [5.74, 6) is 1.62. The number of aromatic hydroxyl groups is 1. The molecule has 9 heteroatoms. The van der Waals surface area contributed by atoms with Gasteiger partial charge in [-0.3, -0.25) is 4.90 Å². The predicted molar refractivity (Wildman–Crippen MR) is 150 cm³/mol. The number of rotatable bonds is 8. The Bertz CT molecular complexity index is 1470. The summed E-state index contributed by atoms with van der Waals surface area (Å²) in [7, 11) is 0. The molecule has 8 nitrogen and oxygen atoms in total. The van der Waals surface area contributed by atoms with Crippen molar-refractivity contribution in [1.29, 1.82) is 0 Å². The number of phenols is 1. The maximum atomic E-state index is 11.4. The number of piperidine rings is 1. The average Bonchev–Trinajstić information content (AvgIpc) is 3.52. The van der Waals surface area contributed by atoms with Gasteiger partial charge in [0, 0.05) is 27.9 Å². The molecule has 0 radical (unpaired) electrons. The van der Waals surface area contributed by atoms with E-state index < -0.39 is 0 Å². The van der Waals surface area contributed by atoms with E-state index in [0.29, 0.717) is 34.9 Å². The van der Waals surface area contributed by atoms with E-state index in [0.717, 1.165) is 55.3 Å². The number of aromatic nitrogens is 3. The molecule has 1 N–H and O–H groups in total. The molecule has 1 aliphatic carbocycles. The lowest BCUT2D eigenvalue weighted by Gasteiger charge is -2.46. The molecular weight excluding hydrogens is 512 g/mol. The van der Waals surface area contributed by atoms with Gasteiger partial charge in [0.2, 0.25) is 0 Å². The van der Waals surface area contributed by atoms with Crippen LogP contribution in [0.1, 0.15) is 67.6 Å². The Morgan fingerprint density at radius 1 is 1.13 bits per heavy atom. The van der Waals surface area contributed by atoms with Crippen LogP contribution in [0.5, 0.6) is 11.6 Å². The number of nitrogens with zero attached hydrogens (tertiary/aromatic N) is 4. The number of para-hydroxylation sites is 1. The minimum absolute atomic E-state index is 0.0994. The third kappa shape index (κ3) is 4.94. The summed E-state index contributed by atoms with van der Waals surface area (Å²) in [4.78, 5) is 16.4. The van der Waals surface area contributed by atoms with Gasteiger partial charge < -0.3 is 19.2 Å². The lowest BCUT2D eigenvalue weighted by molar-refractivity contribution is -0.110. The Balaban J connectivity index is 1.10. The Hall–Kier alpha value is -3.30. The van der Waals surface area contributed by atoms with Crippen molar-refractivity contribution < 1.29 is 19.2 Å². The first kappa shape index (κ1) is 26.0. The van der Waals surface area contributed by atoms with Gasteiger partial charge in [-0.05, 0) is 86.5 Å². The van der Waals surface area contributed by atoms with Gasteiger partial charge in [-0.2, -0.15) is 0 Å². The number of aryl methyl sites for hydroxylation is 1. The number of aldehydes is 1. The Morgan fingerprint density at radius 3 is 2.62 bits per heavy atom. The van der Waals surface area contributed by atoms with Crippen molar-refractivity contribution in [3.63, 3.8) is 0 Å². The number of hydrogen-bond acceptors (Lipinski definition) is 9. The minimum atomic E-state index is -0.300. The van der Waals surface area contributed by atoms with Crippen LogP contribution in [0.2, 0.25) is 0 Å². The number of thiophene rings is 1. The maximum absolute atomic E-state index is 11.4. The number of carbonyl (C=O) groups is 1. The van der Waals surface area contributed by atoms with Gasteiger partial charge >= 0.3 is 0 Å². The van der Waals surface area contributed by atoms with Crippen LogP contribution in [0.3, 0.4) is 0 Å². The van der Waals surface area contributed by atoms with Gasteiger partial charge in [0.1, 0.15) is 23.0 Å². The van der Waals surface area contributed by atoms with Gasteiger partial charge in [-0.25, -0.2) is 0 Å². The van der Waals surface area contributed by atoms with E-state index in [1.165, 1.54) is 10.4 Å². The molecule has 1 saturated heterocycles. The van der Waals surface area contributed by atoms with E-state index in [9.17, 15) is 9.90 Å². The fourth-order valence-corrected chi connectivity index (χ4v) is 7.22. The summed E-state index contributed by atoms with van der Waals surface area (Å²) < 4.78 is 11.6. The van der Waals surface area contributed by atoms with Crippen LogP contribution in [0, 0.1) is 12.8 Å². The highest BCUT2D eigenvalue weighted by molar-refractivity contribution is 7.18. The molecule has 1 saturated carbocycles. The van der Waals surface area contributed by atoms with Crippen molar-refractivity contribution in [2.75, 3.05) is 13.1 Å². The number of phenolic OH excluding ortho intramolecular Hbond substituents is 1. The molecule has 3 aromatic heterocycles. The SMILES string of the molecule is Cc1c(C2CCN(C3CCC3Oc3cc(C(C=O)C(C)C)on3)CC2)sc2nnc(-c3ccccc3O)cc12. The molecule has 0 amide bonds. The summed E-state index contributed by atoms with van der Waals surface area (Å²) in [6.07, 6.45) is 5.34. The summed E-state index contributed by atoms with van der Waals surface area (Å²) in [5, 5.41) is 24.4. The molecule has 2 fully saturated rings. The monoisotopic (exact) mass is 546 g/mol. The highest BCUT2D eigenvalue weighted by atomic mass is 32.1. The quantitative estimate of drug-likeness (QED) is 0.265. The van der Waals surface area contributed by atoms with Crippen molar-refractivity contribution in [2.24, 2.45) is 5.92 Å². The number of carbonyl (C=O) groups excluding carboxylic acids is 1. The largest absolute Gasteiger partial charge is 0.507 e. The van der Waals surface area contributed by atoms with Crippen LogP contribution >= 0.6 is 11.3 Å². The predicted octanol–water partition coefficient (Wildman–Crippen LogP) is 6.09. The Kier molecular flexibility index (Phi) is 7.12. The second kappa shape index (κ2) is 10.7. The summed E-state index contributed by atoms with van der Waals surface area (Å²) >= 11 is 1.76. The average molecular weight is 547 g/mol. The van der Waals surface area contributed by atoms with E-state index in [4.69, 9.17) is 9.26 Å². The third-order valence-electron chi connectivity index (χ3n) is 8.44. The molecule has 0 spiro atoms. The standard InChI is InChI=1S/C30H34N4O4S/c1-17(2)22(16-35)27-15-28(33-38-27)37-26-9-8-24(26)34-12-10-19(11-13-34)29-18(3)21-14-23(31-32-30(21)39-29)20-6-4-5-7-25(20)36/h4-7,14-17,19,22,24,26,36H,8-13H2,1-3H3. The zero-order chi connectivity index (χ0) is 27.1. The van der Waals surface area contributed by atoms with Crippen molar-refractivity contribution in [3.8, 4) is 22.9 Å². The van der Waals surface area contributed by atoms with Crippen molar-refractivity contribution in [3.05, 3.63) is 52.6 Å². The molecule has 4 heterocycles. The molecular formula is C30H34N4O4S. The van der Waals surface area contributed by atoms with Gasteiger partial charge in [0.15, 0.2) is 5.76 Å². The number of hydrogen-bond donors (Lipinski definition) is 1. The molecule has 0 bridgehead atoms. The number of fused-ring (bicyclic) bond motifs is 1. The van der Waals surface area contributed by atoms with E-state index in [2.05, 4.69) is 33.2 Å². The van der Waals surface area contributed by atoms with E-state index in [-0.39, 0.29) is 23.7 Å². The van der Waals surface area contributed by atoms with Crippen LogP contribution in [0.4, 0.5) is 0 Å². The molecule has 4 aromatic rings. The lowest BCUT2D eigenvalue weighted by atomic mass is 9.84. The van der Waals surface area contributed by atoms with Crippen molar-refractivity contribution >= 4 is 27.8 Å². The normalized spacial score (nSPS) is 21.2. The fourth-order valence-electron chi connectivity index (χ4n) is 5.94. The third-order valence-corrected chi connectivity index (χ3v) is 9.79. The minimum Gasteiger partial charge on any atom is -0.507 e. The van der Waals surface area contributed by atoms with E-state index in [1.54, 1.807) is 23.5 Å². The molecule has 6 rings (SSSR count). The first-order valence-electron chi connectivity index (χ1n) is 13.8. The second-order valence-corrected chi connectivity index (χ2v) is 12.2. The van der Waals surface area contributed by atoms with Crippen LogP contribution in [0.15, 0.2) is 40.9 Å². The van der Waals surface area contributed by atoms with Crippen LogP contribution in [0.25, 0.3) is 21.5 Å². The molecule has 39 heavy (non-hydrogen) atoms. The zero-order valence-electron chi connectivity index (χ0n) is 22.5. The molecule has 204 valence electrons. The number of ether oxygens (including phenoxy) is 1. The maximum Gasteiger partial charge on any atom is 0.254 e. The van der Waals surface area contributed by atoms with Crippen molar-refractivity contribution in [1.82, 2.24) is 20.3 Å². The summed E-state index contributed by atoms with van der Waals surface area (Å²) in [6, 6.07) is 11.5. The van der Waals surface area contributed by atoms with E-state index in [1.807, 2.05) is 32.0 Å². The molecule has 2 aliphatic rings. The molecule has 1 aliphatic heterocycles. The van der Waals surface area contributed by atoms with Gasteiger partial charge in [0.05, 0.1) is 11.6 Å². The zero-order valence-corrected chi connectivity index (χ0v) is 23.4. The fraction of sp³-hybridized carbons (Fsp3) is 0.467. The van der Waals surface area contributed by atoms with Crippen LogP contribution in [-0.2, 0) is 4.79 Å². The highest BCUT2D eigenvalue weighted by Crippen LogP contribution is 2.42. The van der Waals surface area contributed by atoms with Crippen LogP contribution in [-0.4, -0.2) is 56.9 Å². The molecule has 3 atom stereocenters. The Morgan fingerprint density at radius 2 is 1.92 bits per heavy atom. The highest BCUT2D eigenvalue weighted by Gasteiger charge is 2.40.